The maximum absolute atomic E-state index is 8.95. The first-order valence-electron chi connectivity index (χ1n) is 6.96. The summed E-state index contributed by atoms with van der Waals surface area (Å²) in [4.78, 5) is 8.33. The van der Waals surface area contributed by atoms with Gasteiger partial charge in [0.1, 0.15) is 18.0 Å². The largest absolute Gasteiger partial charge is 0.340 e. The van der Waals surface area contributed by atoms with Crippen molar-refractivity contribution in [2.24, 2.45) is 0 Å². The smallest absolute Gasteiger partial charge is 0.135 e. The number of anilines is 4. The van der Waals surface area contributed by atoms with Crippen molar-refractivity contribution >= 4 is 46.2 Å². The van der Waals surface area contributed by atoms with Crippen LogP contribution in [-0.2, 0) is 0 Å². The van der Waals surface area contributed by atoms with Gasteiger partial charge in [-0.1, -0.05) is 35.3 Å². The van der Waals surface area contributed by atoms with Crippen LogP contribution in [0, 0.1) is 11.3 Å². The average molecular weight is 356 g/mol. The van der Waals surface area contributed by atoms with Gasteiger partial charge in [0.05, 0.1) is 27.4 Å². The molecule has 0 aliphatic carbocycles. The predicted octanol–water partition coefficient (Wildman–Crippen LogP) is 5.14. The first-order chi connectivity index (χ1) is 11.7. The topological polar surface area (TPSA) is 73.6 Å². The third-order valence-electron chi connectivity index (χ3n) is 3.15. The SMILES string of the molecule is N#Cc1cccc(Nc2cc(Nc3c(Cl)cccc3Cl)ncn2)c1. The zero-order valence-corrected chi connectivity index (χ0v) is 13.8. The lowest BCUT2D eigenvalue weighted by molar-refractivity contribution is 1.17. The summed E-state index contributed by atoms with van der Waals surface area (Å²) in [5.41, 5.74) is 1.90. The highest BCUT2D eigenvalue weighted by Crippen LogP contribution is 2.32. The van der Waals surface area contributed by atoms with Crippen molar-refractivity contribution in [3.8, 4) is 6.07 Å². The van der Waals surface area contributed by atoms with Gasteiger partial charge in [0.15, 0.2) is 0 Å². The van der Waals surface area contributed by atoms with Crippen LogP contribution in [0.3, 0.4) is 0 Å². The first kappa shape index (κ1) is 16.1. The highest BCUT2D eigenvalue weighted by atomic mass is 35.5. The number of hydrogen-bond acceptors (Lipinski definition) is 5. The Morgan fingerprint density at radius 3 is 2.25 bits per heavy atom. The number of nitrogens with one attached hydrogen (secondary N) is 2. The van der Waals surface area contributed by atoms with Gasteiger partial charge in [-0.25, -0.2) is 9.97 Å². The fourth-order valence-corrected chi connectivity index (χ4v) is 2.55. The molecule has 0 spiro atoms. The number of halogens is 2. The van der Waals surface area contributed by atoms with Gasteiger partial charge in [0.2, 0.25) is 0 Å². The maximum atomic E-state index is 8.95. The van der Waals surface area contributed by atoms with Crippen LogP contribution < -0.4 is 10.6 Å². The van der Waals surface area contributed by atoms with E-state index in [0.29, 0.717) is 32.9 Å². The van der Waals surface area contributed by atoms with Crippen LogP contribution in [0.1, 0.15) is 5.56 Å². The molecule has 118 valence electrons. The summed E-state index contributed by atoms with van der Waals surface area (Å²) >= 11 is 12.3. The van der Waals surface area contributed by atoms with E-state index in [0.717, 1.165) is 5.69 Å². The quantitative estimate of drug-likeness (QED) is 0.677. The van der Waals surface area contributed by atoms with Gasteiger partial charge in [0.25, 0.3) is 0 Å². The molecule has 0 aliphatic heterocycles. The number of nitriles is 1. The third kappa shape index (κ3) is 3.74. The lowest BCUT2D eigenvalue weighted by Gasteiger charge is -2.11. The molecule has 0 bridgehead atoms. The molecule has 0 atom stereocenters. The summed E-state index contributed by atoms with van der Waals surface area (Å²) in [5.74, 6) is 1.12. The molecule has 1 aromatic heterocycles. The van der Waals surface area contributed by atoms with E-state index in [1.165, 1.54) is 6.33 Å². The monoisotopic (exact) mass is 355 g/mol. The molecular weight excluding hydrogens is 345 g/mol. The summed E-state index contributed by atoms with van der Waals surface area (Å²) < 4.78 is 0. The normalized spacial score (nSPS) is 10.0. The number of rotatable bonds is 4. The molecule has 1 heterocycles. The minimum Gasteiger partial charge on any atom is -0.340 e. The maximum Gasteiger partial charge on any atom is 0.135 e. The molecule has 0 saturated carbocycles. The van der Waals surface area contributed by atoms with Crippen LogP contribution >= 0.6 is 23.2 Å². The number of benzene rings is 2. The fraction of sp³-hybridized carbons (Fsp3) is 0. The van der Waals surface area contributed by atoms with Gasteiger partial charge >= 0.3 is 0 Å². The van der Waals surface area contributed by atoms with E-state index >= 15 is 0 Å². The fourth-order valence-electron chi connectivity index (χ4n) is 2.05. The molecule has 7 heteroatoms. The van der Waals surface area contributed by atoms with E-state index in [4.69, 9.17) is 28.5 Å². The predicted molar refractivity (Wildman–Crippen MR) is 96.2 cm³/mol. The van der Waals surface area contributed by atoms with Crippen molar-refractivity contribution in [1.29, 1.82) is 5.26 Å². The lowest BCUT2D eigenvalue weighted by atomic mass is 10.2. The third-order valence-corrected chi connectivity index (χ3v) is 3.78. The second kappa shape index (κ2) is 7.18. The number of nitrogens with zero attached hydrogens (tertiary/aromatic N) is 3. The lowest BCUT2D eigenvalue weighted by Crippen LogP contribution is -1.99. The van der Waals surface area contributed by atoms with Crippen molar-refractivity contribution in [3.05, 3.63) is 70.5 Å². The van der Waals surface area contributed by atoms with Crippen LogP contribution in [0.4, 0.5) is 23.0 Å². The van der Waals surface area contributed by atoms with Crippen LogP contribution in [-0.4, -0.2) is 9.97 Å². The van der Waals surface area contributed by atoms with Crippen molar-refractivity contribution in [1.82, 2.24) is 9.97 Å². The van der Waals surface area contributed by atoms with Gasteiger partial charge in [-0.2, -0.15) is 5.26 Å². The average Bonchev–Trinajstić information content (AvgIpc) is 2.59. The van der Waals surface area contributed by atoms with Crippen molar-refractivity contribution in [2.75, 3.05) is 10.6 Å². The minimum atomic E-state index is 0.498. The molecule has 0 fully saturated rings. The van der Waals surface area contributed by atoms with Gasteiger partial charge < -0.3 is 10.6 Å². The van der Waals surface area contributed by atoms with E-state index < -0.39 is 0 Å². The molecule has 0 aliphatic rings. The number of para-hydroxylation sites is 1. The van der Waals surface area contributed by atoms with Gasteiger partial charge in [-0.3, -0.25) is 0 Å². The highest BCUT2D eigenvalue weighted by Gasteiger charge is 2.07. The first-order valence-corrected chi connectivity index (χ1v) is 7.71. The molecule has 0 unspecified atom stereocenters. The van der Waals surface area contributed by atoms with Gasteiger partial charge in [-0.15, -0.1) is 0 Å². The number of hydrogen-bond donors (Lipinski definition) is 2. The van der Waals surface area contributed by atoms with E-state index in [-0.39, 0.29) is 0 Å². The van der Waals surface area contributed by atoms with Gasteiger partial charge in [-0.05, 0) is 30.3 Å². The molecule has 2 aromatic carbocycles. The molecule has 0 saturated heterocycles. The summed E-state index contributed by atoms with van der Waals surface area (Å²) in [6, 6.07) is 16.2. The molecular formula is C17H11Cl2N5. The minimum absolute atomic E-state index is 0.498. The van der Waals surface area contributed by atoms with Crippen LogP contribution in [0.5, 0.6) is 0 Å². The molecule has 24 heavy (non-hydrogen) atoms. The molecule has 0 amide bonds. The van der Waals surface area contributed by atoms with E-state index in [1.54, 1.807) is 42.5 Å². The second-order valence-corrected chi connectivity index (χ2v) is 5.64. The summed E-state index contributed by atoms with van der Waals surface area (Å²) in [6.45, 7) is 0. The van der Waals surface area contributed by atoms with Crippen molar-refractivity contribution in [3.63, 3.8) is 0 Å². The standard InChI is InChI=1S/C17H11Cl2N5/c18-13-5-2-6-14(19)17(13)24-16-8-15(21-10-22-16)23-12-4-1-3-11(7-12)9-20/h1-8,10H,(H2,21,22,23,24). The van der Waals surface area contributed by atoms with Crippen molar-refractivity contribution < 1.29 is 0 Å². The molecule has 0 radical (unpaired) electrons. The summed E-state index contributed by atoms with van der Waals surface area (Å²) in [5, 5.41) is 16.2. The van der Waals surface area contributed by atoms with Crippen LogP contribution in [0.15, 0.2) is 54.9 Å². The zero-order valence-electron chi connectivity index (χ0n) is 12.3. The Balaban J connectivity index is 1.83. The molecule has 3 aromatic rings. The highest BCUT2D eigenvalue weighted by molar-refractivity contribution is 6.39. The Kier molecular flexibility index (Phi) is 4.80. The Bertz CT molecular complexity index is 901. The van der Waals surface area contributed by atoms with E-state index in [1.807, 2.05) is 6.07 Å². The Morgan fingerprint density at radius 2 is 1.54 bits per heavy atom. The van der Waals surface area contributed by atoms with E-state index in [2.05, 4.69) is 26.7 Å². The second-order valence-electron chi connectivity index (χ2n) is 4.83. The Morgan fingerprint density at radius 1 is 0.875 bits per heavy atom. The van der Waals surface area contributed by atoms with Crippen LogP contribution in [0.2, 0.25) is 10.0 Å². The van der Waals surface area contributed by atoms with Crippen molar-refractivity contribution in [2.45, 2.75) is 0 Å². The zero-order chi connectivity index (χ0) is 16.9. The summed E-state index contributed by atoms with van der Waals surface area (Å²) in [6.07, 6.45) is 1.42. The summed E-state index contributed by atoms with van der Waals surface area (Å²) in [7, 11) is 0. The van der Waals surface area contributed by atoms with Crippen LogP contribution in [0.25, 0.3) is 0 Å². The number of aromatic nitrogens is 2. The Labute approximate surface area is 148 Å². The van der Waals surface area contributed by atoms with Gasteiger partial charge in [0, 0.05) is 11.8 Å². The molecule has 5 nitrogen and oxygen atoms in total. The van der Waals surface area contributed by atoms with E-state index in [9.17, 15) is 0 Å². The Hall–Kier alpha value is -2.81. The molecule has 2 N–H and O–H groups in total. The molecule has 3 rings (SSSR count).